The van der Waals surface area contributed by atoms with Crippen LogP contribution in [0.1, 0.15) is 18.9 Å². The van der Waals surface area contributed by atoms with E-state index in [-0.39, 0.29) is 5.75 Å². The molecule has 0 unspecified atom stereocenters. The topological polar surface area (TPSA) is 21.3 Å². The quantitative estimate of drug-likeness (QED) is 0.810. The van der Waals surface area contributed by atoms with Crippen LogP contribution in [0.5, 0.6) is 5.75 Å². The van der Waals surface area contributed by atoms with Crippen LogP contribution in [-0.2, 0) is 6.54 Å². The molecule has 0 radical (unpaired) electrons. The fraction of sp³-hybridized carbons (Fsp3) is 0.455. The number of hydrogen-bond donors (Lipinski definition) is 1. The molecule has 0 saturated carbocycles. The van der Waals surface area contributed by atoms with Crippen LogP contribution in [0.15, 0.2) is 22.7 Å². The molecule has 0 spiro atoms. The number of alkyl halides is 2. The molecule has 90 valence electrons. The van der Waals surface area contributed by atoms with Crippen LogP contribution >= 0.6 is 15.9 Å². The van der Waals surface area contributed by atoms with Crippen LogP contribution in [0.2, 0.25) is 0 Å². The molecule has 0 amide bonds. The van der Waals surface area contributed by atoms with Gasteiger partial charge in [-0.3, -0.25) is 0 Å². The molecule has 2 nitrogen and oxygen atoms in total. The molecule has 0 aliphatic heterocycles. The monoisotopic (exact) mass is 293 g/mol. The summed E-state index contributed by atoms with van der Waals surface area (Å²) in [6, 6.07) is 5.25. The highest BCUT2D eigenvalue weighted by Gasteiger charge is 2.12. The molecule has 0 fully saturated rings. The molecule has 1 N–H and O–H groups in total. The lowest BCUT2D eigenvalue weighted by atomic mass is 10.2. The van der Waals surface area contributed by atoms with Crippen molar-refractivity contribution in [2.24, 2.45) is 0 Å². The second kappa shape index (κ2) is 6.81. The smallest absolute Gasteiger partial charge is 0.387 e. The average Bonchev–Trinajstić information content (AvgIpc) is 2.23. The van der Waals surface area contributed by atoms with E-state index in [1.54, 1.807) is 18.2 Å². The number of nitrogens with one attached hydrogen (secondary N) is 1. The van der Waals surface area contributed by atoms with Crippen LogP contribution in [-0.4, -0.2) is 13.2 Å². The first-order valence-corrected chi connectivity index (χ1v) is 5.87. The first kappa shape index (κ1) is 13.4. The van der Waals surface area contributed by atoms with E-state index < -0.39 is 6.61 Å². The molecular formula is C11H14BrF2NO. The largest absolute Gasteiger partial charge is 0.433 e. The summed E-state index contributed by atoms with van der Waals surface area (Å²) in [5, 5.41) is 3.15. The number of halogens is 3. The molecule has 1 aromatic rings. The molecule has 1 aromatic carbocycles. The van der Waals surface area contributed by atoms with Crippen molar-refractivity contribution in [2.45, 2.75) is 26.5 Å². The van der Waals surface area contributed by atoms with Crippen LogP contribution in [0.4, 0.5) is 8.78 Å². The minimum atomic E-state index is -2.80. The van der Waals surface area contributed by atoms with Crippen LogP contribution in [0.25, 0.3) is 0 Å². The summed E-state index contributed by atoms with van der Waals surface area (Å²) in [6.45, 7) is 0.615. The normalized spacial score (nSPS) is 10.8. The molecule has 0 atom stereocenters. The first-order valence-electron chi connectivity index (χ1n) is 5.08. The van der Waals surface area contributed by atoms with E-state index in [0.717, 1.165) is 18.5 Å². The zero-order valence-electron chi connectivity index (χ0n) is 8.97. The third kappa shape index (κ3) is 4.06. The Labute approximate surface area is 102 Å². The molecular weight excluding hydrogens is 280 g/mol. The maximum atomic E-state index is 12.2. The second-order valence-electron chi connectivity index (χ2n) is 3.28. The Kier molecular flexibility index (Phi) is 5.69. The lowest BCUT2D eigenvalue weighted by molar-refractivity contribution is -0.0510. The van der Waals surface area contributed by atoms with Gasteiger partial charge in [-0.25, -0.2) is 0 Å². The lowest BCUT2D eigenvalue weighted by Gasteiger charge is -2.12. The average molecular weight is 294 g/mol. The van der Waals surface area contributed by atoms with Gasteiger partial charge in [0.1, 0.15) is 5.75 Å². The molecule has 1 rings (SSSR count). The number of ether oxygens (including phenoxy) is 1. The van der Waals surface area contributed by atoms with Gasteiger partial charge < -0.3 is 10.1 Å². The van der Waals surface area contributed by atoms with Gasteiger partial charge in [0.05, 0.1) is 4.47 Å². The summed E-state index contributed by atoms with van der Waals surface area (Å²) in [7, 11) is 0. The van der Waals surface area contributed by atoms with Gasteiger partial charge >= 0.3 is 6.61 Å². The second-order valence-corrected chi connectivity index (χ2v) is 4.14. The molecule has 0 aliphatic rings. The number of rotatable bonds is 6. The molecule has 0 aliphatic carbocycles. The number of hydrogen-bond acceptors (Lipinski definition) is 2. The highest BCUT2D eigenvalue weighted by atomic mass is 79.9. The Morgan fingerprint density at radius 2 is 2.19 bits per heavy atom. The van der Waals surface area contributed by atoms with E-state index in [1.165, 1.54) is 0 Å². The maximum Gasteiger partial charge on any atom is 0.387 e. The Bertz CT molecular complexity index is 334. The summed E-state index contributed by atoms with van der Waals surface area (Å²) < 4.78 is 29.4. The Morgan fingerprint density at radius 3 is 2.81 bits per heavy atom. The number of benzene rings is 1. The van der Waals surface area contributed by atoms with Crippen molar-refractivity contribution in [1.29, 1.82) is 0 Å². The van der Waals surface area contributed by atoms with Gasteiger partial charge in [-0.05, 0) is 35.0 Å². The number of para-hydroxylation sites is 1. The minimum Gasteiger partial charge on any atom is -0.433 e. The summed E-state index contributed by atoms with van der Waals surface area (Å²) >= 11 is 3.20. The summed E-state index contributed by atoms with van der Waals surface area (Å²) in [5.74, 6) is 0.209. The molecule has 0 bridgehead atoms. The Hall–Kier alpha value is -0.680. The molecule has 5 heteroatoms. The molecule has 0 saturated heterocycles. The summed E-state index contributed by atoms with van der Waals surface area (Å²) in [6.07, 6.45) is 0.999. The van der Waals surface area contributed by atoms with Crippen molar-refractivity contribution >= 4 is 15.9 Å². The van der Waals surface area contributed by atoms with Crippen LogP contribution in [0, 0.1) is 0 Å². The molecule has 0 heterocycles. The predicted octanol–water partition coefficient (Wildman–Crippen LogP) is 3.55. The summed E-state index contributed by atoms with van der Waals surface area (Å²) in [4.78, 5) is 0. The van der Waals surface area contributed by atoms with Crippen LogP contribution in [0.3, 0.4) is 0 Å². The highest BCUT2D eigenvalue weighted by Crippen LogP contribution is 2.30. The molecule has 16 heavy (non-hydrogen) atoms. The zero-order valence-corrected chi connectivity index (χ0v) is 10.6. The summed E-state index contributed by atoms with van der Waals surface area (Å²) in [5.41, 5.74) is 0.725. The standard InChI is InChI=1S/C11H14BrF2NO/c1-2-6-15-7-8-4-3-5-9(12)10(8)16-11(13)14/h3-5,11,15H,2,6-7H2,1H3. The Morgan fingerprint density at radius 1 is 1.44 bits per heavy atom. The van der Waals surface area contributed by atoms with Crippen molar-refractivity contribution in [2.75, 3.05) is 6.54 Å². The maximum absolute atomic E-state index is 12.2. The van der Waals surface area contributed by atoms with Gasteiger partial charge in [0.2, 0.25) is 0 Å². The predicted molar refractivity (Wildman–Crippen MR) is 62.8 cm³/mol. The molecule has 0 aromatic heterocycles. The van der Waals surface area contributed by atoms with Gasteiger partial charge in [0.15, 0.2) is 0 Å². The van der Waals surface area contributed by atoms with Crippen LogP contribution < -0.4 is 10.1 Å². The van der Waals surface area contributed by atoms with E-state index in [2.05, 4.69) is 26.0 Å². The fourth-order valence-corrected chi connectivity index (χ4v) is 1.81. The van der Waals surface area contributed by atoms with E-state index in [0.29, 0.717) is 11.0 Å². The van der Waals surface area contributed by atoms with E-state index >= 15 is 0 Å². The van der Waals surface area contributed by atoms with Gasteiger partial charge in [0, 0.05) is 12.1 Å². The van der Waals surface area contributed by atoms with Gasteiger partial charge in [-0.2, -0.15) is 8.78 Å². The van der Waals surface area contributed by atoms with Gasteiger partial charge in [0.25, 0.3) is 0 Å². The fourth-order valence-electron chi connectivity index (χ4n) is 1.31. The minimum absolute atomic E-state index is 0.209. The zero-order chi connectivity index (χ0) is 12.0. The van der Waals surface area contributed by atoms with E-state index in [1.807, 2.05) is 6.92 Å². The first-order chi connectivity index (χ1) is 7.65. The van der Waals surface area contributed by atoms with Crippen molar-refractivity contribution in [3.8, 4) is 5.75 Å². The third-order valence-corrected chi connectivity index (χ3v) is 2.62. The Balaban J connectivity index is 2.76. The third-order valence-electron chi connectivity index (χ3n) is 2.00. The van der Waals surface area contributed by atoms with Gasteiger partial charge in [-0.15, -0.1) is 0 Å². The lowest BCUT2D eigenvalue weighted by Crippen LogP contribution is -2.15. The van der Waals surface area contributed by atoms with Crippen molar-refractivity contribution in [3.63, 3.8) is 0 Å². The van der Waals surface area contributed by atoms with Crippen molar-refractivity contribution in [1.82, 2.24) is 5.32 Å². The van der Waals surface area contributed by atoms with E-state index in [9.17, 15) is 8.78 Å². The SMILES string of the molecule is CCCNCc1cccc(Br)c1OC(F)F. The van der Waals surface area contributed by atoms with Crippen molar-refractivity contribution < 1.29 is 13.5 Å². The van der Waals surface area contributed by atoms with E-state index in [4.69, 9.17) is 0 Å². The van der Waals surface area contributed by atoms with Gasteiger partial charge in [-0.1, -0.05) is 19.1 Å². The van der Waals surface area contributed by atoms with Crippen molar-refractivity contribution in [3.05, 3.63) is 28.2 Å². The highest BCUT2D eigenvalue weighted by molar-refractivity contribution is 9.10.